The van der Waals surface area contributed by atoms with Gasteiger partial charge in [0.1, 0.15) is 18.1 Å². The minimum Gasteiger partial charge on any atom is -0.491 e. The Labute approximate surface area is 160 Å². The van der Waals surface area contributed by atoms with Crippen molar-refractivity contribution in [3.05, 3.63) is 58.6 Å². The van der Waals surface area contributed by atoms with Gasteiger partial charge in [-0.25, -0.2) is 0 Å². The Morgan fingerprint density at radius 1 is 1.15 bits per heavy atom. The van der Waals surface area contributed by atoms with Crippen molar-refractivity contribution in [1.82, 2.24) is 5.32 Å². The van der Waals surface area contributed by atoms with Gasteiger partial charge in [-0.15, -0.1) is 0 Å². The van der Waals surface area contributed by atoms with Gasteiger partial charge in [-0.3, -0.25) is 4.79 Å². The van der Waals surface area contributed by atoms with Gasteiger partial charge in [0.2, 0.25) is 0 Å². The molecule has 2 rings (SSSR count). The van der Waals surface area contributed by atoms with Crippen LogP contribution in [0.25, 0.3) is 0 Å². The number of benzene rings is 2. The van der Waals surface area contributed by atoms with Crippen molar-refractivity contribution in [2.75, 3.05) is 6.61 Å². The molecule has 0 bridgehead atoms. The standard InChI is InChI=1S/C21H26ClNO3/c1-5-19(26-17-10-11-18(22)15(3)12-17)21(24)23-16(4)13-25-20-9-7-6-8-14(20)2/h6-12,16,19H,5,13H2,1-4H3,(H,23,24)/t16-,19+/m0/s1. The number of para-hydroxylation sites is 1. The lowest BCUT2D eigenvalue weighted by atomic mass is 10.2. The molecular weight excluding hydrogens is 350 g/mol. The molecule has 1 N–H and O–H groups in total. The van der Waals surface area contributed by atoms with E-state index in [1.54, 1.807) is 12.1 Å². The normalized spacial score (nSPS) is 13.0. The van der Waals surface area contributed by atoms with Crippen LogP contribution in [0.1, 0.15) is 31.4 Å². The third-order valence-electron chi connectivity index (χ3n) is 4.04. The fourth-order valence-electron chi connectivity index (χ4n) is 2.49. The van der Waals surface area contributed by atoms with Gasteiger partial charge in [0, 0.05) is 5.02 Å². The van der Waals surface area contributed by atoms with Crippen molar-refractivity contribution in [3.63, 3.8) is 0 Å². The molecule has 0 aliphatic rings. The molecule has 2 aromatic rings. The van der Waals surface area contributed by atoms with E-state index in [1.165, 1.54) is 0 Å². The largest absolute Gasteiger partial charge is 0.491 e. The summed E-state index contributed by atoms with van der Waals surface area (Å²) in [5.74, 6) is 1.31. The Bertz CT molecular complexity index is 748. The Hall–Kier alpha value is -2.20. The molecule has 0 unspecified atom stereocenters. The molecule has 26 heavy (non-hydrogen) atoms. The highest BCUT2D eigenvalue weighted by Gasteiger charge is 2.20. The van der Waals surface area contributed by atoms with Gasteiger partial charge in [-0.1, -0.05) is 36.7 Å². The molecule has 140 valence electrons. The third kappa shape index (κ3) is 5.67. The van der Waals surface area contributed by atoms with Crippen LogP contribution in [0.5, 0.6) is 11.5 Å². The van der Waals surface area contributed by atoms with Crippen molar-refractivity contribution in [2.24, 2.45) is 0 Å². The predicted molar refractivity (Wildman–Crippen MR) is 105 cm³/mol. The minimum absolute atomic E-state index is 0.133. The van der Waals surface area contributed by atoms with E-state index in [4.69, 9.17) is 21.1 Å². The molecule has 0 heterocycles. The second-order valence-electron chi connectivity index (χ2n) is 6.41. The average molecular weight is 376 g/mol. The molecule has 4 nitrogen and oxygen atoms in total. The molecule has 0 saturated carbocycles. The van der Waals surface area contributed by atoms with Gasteiger partial charge < -0.3 is 14.8 Å². The van der Waals surface area contributed by atoms with Crippen LogP contribution in [-0.4, -0.2) is 24.7 Å². The van der Waals surface area contributed by atoms with Gasteiger partial charge in [0.05, 0.1) is 6.04 Å². The zero-order chi connectivity index (χ0) is 19.1. The van der Waals surface area contributed by atoms with Crippen molar-refractivity contribution in [1.29, 1.82) is 0 Å². The van der Waals surface area contributed by atoms with Gasteiger partial charge in [0.15, 0.2) is 6.10 Å². The second kappa shape index (κ2) is 9.48. The number of rotatable bonds is 8. The lowest BCUT2D eigenvalue weighted by Gasteiger charge is -2.21. The number of carbonyl (C=O) groups is 1. The van der Waals surface area contributed by atoms with E-state index in [-0.39, 0.29) is 11.9 Å². The molecule has 0 aliphatic carbocycles. The van der Waals surface area contributed by atoms with Gasteiger partial charge in [-0.05, 0) is 62.6 Å². The molecule has 0 radical (unpaired) electrons. The number of halogens is 1. The molecule has 0 aliphatic heterocycles. The van der Waals surface area contributed by atoms with Crippen LogP contribution in [-0.2, 0) is 4.79 Å². The van der Waals surface area contributed by atoms with Crippen molar-refractivity contribution in [2.45, 2.75) is 46.3 Å². The second-order valence-corrected chi connectivity index (χ2v) is 6.82. The number of carbonyl (C=O) groups excluding carboxylic acids is 1. The summed E-state index contributed by atoms with van der Waals surface area (Å²) in [6.45, 7) is 8.12. The maximum Gasteiger partial charge on any atom is 0.261 e. The summed E-state index contributed by atoms with van der Waals surface area (Å²) >= 11 is 6.03. The zero-order valence-electron chi connectivity index (χ0n) is 15.7. The first kappa shape index (κ1) is 20.1. The van der Waals surface area contributed by atoms with E-state index in [1.807, 2.05) is 58.0 Å². The number of hydrogen-bond donors (Lipinski definition) is 1. The molecule has 0 spiro atoms. The smallest absolute Gasteiger partial charge is 0.261 e. The molecule has 0 aromatic heterocycles. The predicted octanol–water partition coefficient (Wildman–Crippen LogP) is 4.70. The quantitative estimate of drug-likeness (QED) is 0.727. The maximum absolute atomic E-state index is 12.5. The first-order chi connectivity index (χ1) is 12.4. The summed E-state index contributed by atoms with van der Waals surface area (Å²) in [7, 11) is 0. The van der Waals surface area contributed by atoms with Crippen LogP contribution in [0.2, 0.25) is 5.02 Å². The van der Waals surface area contributed by atoms with Gasteiger partial charge in [0.25, 0.3) is 5.91 Å². The summed E-state index contributed by atoms with van der Waals surface area (Å²) in [6.07, 6.45) is 0.00952. The van der Waals surface area contributed by atoms with Crippen LogP contribution in [0.4, 0.5) is 0 Å². The summed E-state index contributed by atoms with van der Waals surface area (Å²) in [4.78, 5) is 12.5. The molecule has 2 aromatic carbocycles. The molecular formula is C21H26ClNO3. The van der Waals surface area contributed by atoms with Crippen LogP contribution >= 0.6 is 11.6 Å². The monoisotopic (exact) mass is 375 g/mol. The van der Waals surface area contributed by atoms with Crippen LogP contribution < -0.4 is 14.8 Å². The number of aryl methyl sites for hydroxylation is 2. The van der Waals surface area contributed by atoms with Crippen LogP contribution in [0, 0.1) is 13.8 Å². The Morgan fingerprint density at radius 3 is 2.54 bits per heavy atom. The van der Waals surface area contributed by atoms with E-state index < -0.39 is 6.10 Å². The Morgan fingerprint density at radius 2 is 1.88 bits per heavy atom. The van der Waals surface area contributed by atoms with E-state index >= 15 is 0 Å². The third-order valence-corrected chi connectivity index (χ3v) is 4.47. The lowest BCUT2D eigenvalue weighted by Crippen LogP contribution is -2.44. The SMILES string of the molecule is CC[C@@H](Oc1ccc(Cl)c(C)c1)C(=O)N[C@@H](C)COc1ccccc1C. The number of nitrogens with one attached hydrogen (secondary N) is 1. The first-order valence-corrected chi connectivity index (χ1v) is 9.20. The van der Waals surface area contributed by atoms with Crippen molar-refractivity contribution >= 4 is 17.5 Å². The molecule has 0 fully saturated rings. The Balaban J connectivity index is 1.89. The van der Waals surface area contributed by atoms with E-state index in [0.717, 1.165) is 16.9 Å². The first-order valence-electron chi connectivity index (χ1n) is 8.82. The lowest BCUT2D eigenvalue weighted by molar-refractivity contribution is -0.128. The van der Waals surface area contributed by atoms with Crippen LogP contribution in [0.3, 0.4) is 0 Å². The summed E-state index contributed by atoms with van der Waals surface area (Å²) in [6, 6.07) is 13.1. The topological polar surface area (TPSA) is 47.6 Å². The van der Waals surface area contributed by atoms with E-state index in [2.05, 4.69) is 5.32 Å². The zero-order valence-corrected chi connectivity index (χ0v) is 16.5. The number of ether oxygens (including phenoxy) is 2. The summed E-state index contributed by atoms with van der Waals surface area (Å²) < 4.78 is 11.6. The fourth-order valence-corrected chi connectivity index (χ4v) is 2.61. The average Bonchev–Trinajstić information content (AvgIpc) is 2.61. The Kier molecular flexibility index (Phi) is 7.34. The fraction of sp³-hybridized carbons (Fsp3) is 0.381. The van der Waals surface area contributed by atoms with E-state index in [9.17, 15) is 4.79 Å². The van der Waals surface area contributed by atoms with Gasteiger partial charge >= 0.3 is 0 Å². The van der Waals surface area contributed by atoms with Crippen LogP contribution in [0.15, 0.2) is 42.5 Å². The number of hydrogen-bond acceptors (Lipinski definition) is 3. The molecule has 0 saturated heterocycles. The maximum atomic E-state index is 12.5. The van der Waals surface area contributed by atoms with Crippen molar-refractivity contribution < 1.29 is 14.3 Å². The minimum atomic E-state index is -0.559. The van der Waals surface area contributed by atoms with E-state index in [0.29, 0.717) is 23.8 Å². The molecule has 2 atom stereocenters. The highest BCUT2D eigenvalue weighted by atomic mass is 35.5. The summed E-state index contributed by atoms with van der Waals surface area (Å²) in [5, 5.41) is 3.63. The summed E-state index contributed by atoms with van der Waals surface area (Å²) in [5.41, 5.74) is 1.98. The molecule has 5 heteroatoms. The van der Waals surface area contributed by atoms with Gasteiger partial charge in [-0.2, -0.15) is 0 Å². The number of amides is 1. The van der Waals surface area contributed by atoms with Crippen molar-refractivity contribution in [3.8, 4) is 11.5 Å². The highest BCUT2D eigenvalue weighted by molar-refractivity contribution is 6.31. The molecule has 1 amide bonds. The highest BCUT2D eigenvalue weighted by Crippen LogP contribution is 2.22.